The third-order valence-electron chi connectivity index (χ3n) is 14.2. The van der Waals surface area contributed by atoms with E-state index in [-0.39, 0.29) is 37.6 Å². The van der Waals surface area contributed by atoms with E-state index in [0.717, 1.165) is 33.9 Å². The summed E-state index contributed by atoms with van der Waals surface area (Å²) in [5.74, 6) is -1.24. The number of nitriles is 1. The summed E-state index contributed by atoms with van der Waals surface area (Å²) >= 11 is 1.57. The van der Waals surface area contributed by atoms with E-state index in [4.69, 9.17) is 9.47 Å². The van der Waals surface area contributed by atoms with Crippen molar-refractivity contribution in [2.45, 2.75) is 111 Å². The Bertz CT molecular complexity index is 2590. The maximum Gasteiger partial charge on any atom is 0.417 e. The molecule has 2 aromatic carbocycles. The maximum absolute atomic E-state index is 14.1. The highest BCUT2D eigenvalue weighted by atomic mass is 32.2. The van der Waals surface area contributed by atoms with Gasteiger partial charge in [0.15, 0.2) is 0 Å². The predicted octanol–water partition coefficient (Wildman–Crippen LogP) is 6.24. The van der Waals surface area contributed by atoms with Gasteiger partial charge in [0.05, 0.1) is 54.0 Å². The van der Waals surface area contributed by atoms with Crippen LogP contribution in [0.5, 0.6) is 5.75 Å². The standard InChI is InChI=1S/C53H69F3N10O7S/c1-31(33-12-14-34(15-13-33)43(74-11)32(2)58-10)61-46(70)40-24-36(67)29-66(40)47(71)44(50(3,4)5)62-42(68)30-72-23-22-64-18-20-65(21-19-64)41-28-59-39(27-60-41)45(69)63-48-51(6,7)49(52(48,8)9)73-37-17-16-35(26-57)38(25-37)53(54,55)56/h12-17,25,27-28,31,36,40,44,48-49,67H,10,18-24,29-30H2,1-9,11H3,(H,61,70)(H,62,68)(H,63,69)/b43-32-/t31-,36+,40-,44+,48-,49-/m0/s1. The smallest absolute Gasteiger partial charge is 0.417 e. The molecule has 3 heterocycles. The molecule has 4 N–H and O–H groups in total. The summed E-state index contributed by atoms with van der Waals surface area (Å²) in [6.07, 6.45) is -1.23. The van der Waals surface area contributed by atoms with Gasteiger partial charge in [0.1, 0.15) is 42.1 Å². The van der Waals surface area contributed by atoms with E-state index in [9.17, 15) is 42.7 Å². The fourth-order valence-electron chi connectivity index (χ4n) is 10.4. The number of nitrogens with zero attached hydrogens (tertiary/aromatic N) is 7. The summed E-state index contributed by atoms with van der Waals surface area (Å²) in [5, 5.41) is 28.7. The summed E-state index contributed by atoms with van der Waals surface area (Å²) in [4.78, 5) is 74.1. The number of nitrogens with one attached hydrogen (secondary N) is 3. The first-order valence-corrected chi connectivity index (χ1v) is 25.8. The summed E-state index contributed by atoms with van der Waals surface area (Å²) in [5.41, 5.74) is -0.922. The number of ether oxygens (including phenoxy) is 2. The number of hydrogen-bond donors (Lipinski definition) is 4. The molecule has 2 aliphatic heterocycles. The molecule has 4 atom stereocenters. The Labute approximate surface area is 435 Å². The molecule has 0 unspecified atom stereocenters. The van der Waals surface area contributed by atoms with E-state index >= 15 is 0 Å². The average Bonchev–Trinajstić information content (AvgIpc) is 3.76. The van der Waals surface area contributed by atoms with Crippen LogP contribution in [-0.4, -0.2) is 144 Å². The van der Waals surface area contributed by atoms with Crippen LogP contribution in [0.4, 0.5) is 19.0 Å². The number of aliphatic imine (C=N–C) groups is 1. The number of anilines is 1. The third kappa shape index (κ3) is 13.0. The highest BCUT2D eigenvalue weighted by Gasteiger charge is 2.64. The van der Waals surface area contributed by atoms with Crippen LogP contribution in [0.2, 0.25) is 0 Å². The zero-order valence-corrected chi connectivity index (χ0v) is 44.6. The molecule has 3 aromatic rings. The lowest BCUT2D eigenvalue weighted by Crippen LogP contribution is -2.74. The molecular formula is C53H69F3N10O7S. The first-order chi connectivity index (χ1) is 34.7. The van der Waals surface area contributed by atoms with Crippen molar-refractivity contribution in [2.75, 3.05) is 63.6 Å². The molecule has 1 saturated carbocycles. The van der Waals surface area contributed by atoms with Crippen LogP contribution < -0.4 is 25.6 Å². The molecule has 6 rings (SSSR count). The van der Waals surface area contributed by atoms with Crippen molar-refractivity contribution in [1.82, 2.24) is 35.7 Å². The number of rotatable bonds is 18. The van der Waals surface area contributed by atoms with Gasteiger partial charge in [-0.3, -0.25) is 29.1 Å². The van der Waals surface area contributed by atoms with Gasteiger partial charge in [-0.25, -0.2) is 9.97 Å². The largest absolute Gasteiger partial charge is 0.489 e. The SMILES string of the molecule is C=N/C(C)=C(\SC)c1ccc([C@H](C)NC(=O)[C@@H]2C[C@@H](O)CN2C(=O)[C@@H](NC(=O)COCCN2CCN(c3cnc(C(=O)N[C@H]4C(C)(C)[C@H](Oc5ccc(C#N)c(C(F)(F)F)c5)C4(C)C)cn3)CC2)C(C)(C)C)cc1. The first-order valence-electron chi connectivity index (χ1n) is 24.6. The van der Waals surface area contributed by atoms with Crippen molar-refractivity contribution in [3.63, 3.8) is 0 Å². The summed E-state index contributed by atoms with van der Waals surface area (Å²) in [6, 6.07) is 9.86. The lowest BCUT2D eigenvalue weighted by molar-refractivity contribution is -0.164. The van der Waals surface area contributed by atoms with Gasteiger partial charge in [0.25, 0.3) is 5.91 Å². The molecule has 400 valence electrons. The van der Waals surface area contributed by atoms with Crippen molar-refractivity contribution < 1.29 is 46.9 Å². The number of β-amino-alcohol motifs (C(OH)–C–C–N with tert-alkyl or cyclic N) is 1. The Hall–Kier alpha value is -6.08. The number of aliphatic hydroxyl groups excluding tert-OH is 1. The lowest BCUT2D eigenvalue weighted by atomic mass is 9.49. The Morgan fingerprint density at radius 2 is 1.66 bits per heavy atom. The van der Waals surface area contributed by atoms with Crippen LogP contribution in [-0.2, 0) is 25.3 Å². The molecule has 4 amide bonds. The van der Waals surface area contributed by atoms with E-state index in [1.165, 1.54) is 17.2 Å². The Kier molecular flexibility index (Phi) is 17.9. The number of allylic oxidation sites excluding steroid dienone is 1. The van der Waals surface area contributed by atoms with Crippen molar-refractivity contribution in [3.8, 4) is 11.8 Å². The topological polar surface area (TPSA) is 215 Å². The van der Waals surface area contributed by atoms with Crippen LogP contribution >= 0.6 is 11.8 Å². The second-order valence-corrected chi connectivity index (χ2v) is 22.2. The number of benzene rings is 2. The normalized spacial score (nSPS) is 21.8. The van der Waals surface area contributed by atoms with Crippen LogP contribution in [0.1, 0.15) is 108 Å². The van der Waals surface area contributed by atoms with Gasteiger partial charge in [-0.1, -0.05) is 72.7 Å². The number of alkyl halides is 3. The van der Waals surface area contributed by atoms with Crippen molar-refractivity contribution in [3.05, 3.63) is 88.5 Å². The quantitative estimate of drug-likeness (QED) is 0.0822. The molecule has 3 fully saturated rings. The van der Waals surface area contributed by atoms with Gasteiger partial charge in [-0.15, -0.1) is 11.8 Å². The van der Waals surface area contributed by atoms with Gasteiger partial charge in [0.2, 0.25) is 17.7 Å². The molecule has 1 aromatic heterocycles. The Balaban J connectivity index is 0.935. The number of aromatic nitrogens is 2. The monoisotopic (exact) mass is 1050 g/mol. The molecule has 0 bridgehead atoms. The third-order valence-corrected chi connectivity index (χ3v) is 15.2. The molecule has 3 aliphatic rings. The fraction of sp³-hybridized carbons (Fsp3) is 0.547. The van der Waals surface area contributed by atoms with E-state index in [2.05, 4.69) is 42.5 Å². The van der Waals surface area contributed by atoms with Gasteiger partial charge in [-0.05, 0) is 61.6 Å². The maximum atomic E-state index is 14.1. The minimum Gasteiger partial charge on any atom is -0.489 e. The zero-order valence-electron chi connectivity index (χ0n) is 43.8. The highest BCUT2D eigenvalue weighted by molar-refractivity contribution is 8.07. The second-order valence-electron chi connectivity index (χ2n) is 21.4. The predicted molar refractivity (Wildman–Crippen MR) is 277 cm³/mol. The number of piperazine rings is 1. The van der Waals surface area contributed by atoms with E-state index in [1.807, 2.05) is 97.7 Å². The molecular weight excluding hydrogens is 978 g/mol. The first kappa shape index (κ1) is 57.2. The minimum absolute atomic E-state index is 0.0229. The van der Waals surface area contributed by atoms with E-state index < -0.39 is 93.6 Å². The number of carbonyl (C=O) groups excluding carboxylic acids is 4. The number of hydrogen-bond acceptors (Lipinski definition) is 14. The van der Waals surface area contributed by atoms with Crippen molar-refractivity contribution in [1.29, 1.82) is 5.26 Å². The number of thioether (sulfide) groups is 1. The molecule has 0 radical (unpaired) electrons. The number of carbonyl (C=O) groups is 4. The van der Waals surface area contributed by atoms with E-state index in [0.29, 0.717) is 38.5 Å². The number of halogens is 3. The lowest BCUT2D eigenvalue weighted by Gasteiger charge is -2.63. The van der Waals surface area contributed by atoms with Crippen molar-refractivity contribution in [2.24, 2.45) is 21.2 Å². The minimum atomic E-state index is -4.73. The summed E-state index contributed by atoms with van der Waals surface area (Å²) < 4.78 is 52.8. The van der Waals surface area contributed by atoms with Gasteiger partial charge in [-0.2, -0.15) is 18.4 Å². The Morgan fingerprint density at radius 1 is 1.00 bits per heavy atom. The molecule has 2 saturated heterocycles. The Morgan fingerprint density at radius 3 is 2.23 bits per heavy atom. The van der Waals surface area contributed by atoms with Crippen molar-refractivity contribution >= 4 is 52.8 Å². The van der Waals surface area contributed by atoms with Gasteiger partial charge >= 0.3 is 6.18 Å². The number of amides is 4. The zero-order chi connectivity index (χ0) is 54.5. The van der Waals surface area contributed by atoms with Crippen LogP contribution in [0, 0.1) is 27.6 Å². The van der Waals surface area contributed by atoms with Gasteiger partial charge < -0.3 is 40.3 Å². The van der Waals surface area contributed by atoms with Gasteiger partial charge in [0, 0.05) is 67.5 Å². The number of aliphatic hydroxyl groups is 1. The molecule has 74 heavy (non-hydrogen) atoms. The highest BCUT2D eigenvalue weighted by Crippen LogP contribution is 2.56. The summed E-state index contributed by atoms with van der Waals surface area (Å²) in [7, 11) is 0. The molecule has 21 heteroatoms. The summed E-state index contributed by atoms with van der Waals surface area (Å²) in [6.45, 7) is 23.3. The second kappa shape index (κ2) is 23.2. The molecule has 0 spiro atoms. The molecule has 17 nitrogen and oxygen atoms in total. The van der Waals surface area contributed by atoms with Crippen LogP contribution in [0.15, 0.2) is 65.5 Å². The van der Waals surface area contributed by atoms with Crippen LogP contribution in [0.3, 0.4) is 0 Å². The van der Waals surface area contributed by atoms with Crippen LogP contribution in [0.25, 0.3) is 4.91 Å². The number of likely N-dealkylation sites (tertiary alicyclic amines) is 1. The molecule has 1 aliphatic carbocycles. The van der Waals surface area contributed by atoms with E-state index in [1.54, 1.807) is 24.0 Å². The fourth-order valence-corrected chi connectivity index (χ4v) is 11.1. The average molecular weight is 1050 g/mol.